The van der Waals surface area contributed by atoms with Crippen LogP contribution in [-0.2, 0) is 0 Å². The Morgan fingerprint density at radius 2 is 1.83 bits per heavy atom. The number of hydrogen-bond acceptors (Lipinski definition) is 4. The number of benzene rings is 1. The Balaban J connectivity index is 1.93. The fourth-order valence-corrected chi connectivity index (χ4v) is 2.66. The molecule has 0 saturated heterocycles. The largest absolute Gasteiger partial charge is 0.363 e. The normalized spacial score (nSPS) is 13.4. The Morgan fingerprint density at radius 3 is 2.52 bits per heavy atom. The van der Waals surface area contributed by atoms with Crippen molar-refractivity contribution in [2.45, 2.75) is 19.9 Å². The SMILES string of the molecule is C=C(/C(F)=C\C(F)=C/C)C(C)Nc1ncnc2ncc(-c3ccc(F)cc3)cc12. The number of nitrogens with zero attached hydrogens (tertiary/aromatic N) is 3. The first-order valence-corrected chi connectivity index (χ1v) is 8.90. The fourth-order valence-electron chi connectivity index (χ4n) is 2.66. The van der Waals surface area contributed by atoms with Crippen LogP contribution < -0.4 is 5.32 Å². The van der Waals surface area contributed by atoms with E-state index < -0.39 is 17.7 Å². The van der Waals surface area contributed by atoms with Gasteiger partial charge in [-0.15, -0.1) is 0 Å². The van der Waals surface area contributed by atoms with E-state index in [2.05, 4.69) is 26.8 Å². The minimum atomic E-state index is -0.760. The van der Waals surface area contributed by atoms with Crippen LogP contribution in [0.3, 0.4) is 0 Å². The second-order valence-corrected chi connectivity index (χ2v) is 6.38. The van der Waals surface area contributed by atoms with E-state index in [9.17, 15) is 13.2 Å². The number of hydrogen-bond donors (Lipinski definition) is 1. The maximum atomic E-state index is 14.2. The van der Waals surface area contributed by atoms with E-state index in [1.165, 1.54) is 25.4 Å². The lowest BCUT2D eigenvalue weighted by molar-refractivity contribution is 0.611. The molecule has 2 heterocycles. The van der Waals surface area contributed by atoms with Gasteiger partial charge in [0.15, 0.2) is 5.65 Å². The third-order valence-corrected chi connectivity index (χ3v) is 4.39. The molecule has 1 N–H and O–H groups in total. The van der Waals surface area contributed by atoms with Crippen molar-refractivity contribution < 1.29 is 13.2 Å². The Bertz CT molecular complexity index is 1100. The lowest BCUT2D eigenvalue weighted by atomic mass is 10.1. The van der Waals surface area contributed by atoms with Gasteiger partial charge >= 0.3 is 0 Å². The van der Waals surface area contributed by atoms with Crippen LogP contribution in [0.5, 0.6) is 0 Å². The van der Waals surface area contributed by atoms with E-state index in [0.717, 1.165) is 23.3 Å². The van der Waals surface area contributed by atoms with Crippen molar-refractivity contribution in [1.82, 2.24) is 15.0 Å². The molecular formula is C22H19F3N4. The highest BCUT2D eigenvalue weighted by molar-refractivity contribution is 5.89. The first-order chi connectivity index (χ1) is 13.9. The molecule has 7 heteroatoms. The van der Waals surface area contributed by atoms with Crippen LogP contribution in [0.15, 0.2) is 78.8 Å². The molecule has 29 heavy (non-hydrogen) atoms. The van der Waals surface area contributed by atoms with Crippen LogP contribution in [0.4, 0.5) is 19.0 Å². The molecule has 3 rings (SSSR count). The number of anilines is 1. The summed E-state index contributed by atoms with van der Waals surface area (Å²) in [7, 11) is 0. The molecule has 148 valence electrons. The molecule has 1 aromatic carbocycles. The van der Waals surface area contributed by atoms with Crippen molar-refractivity contribution in [3.8, 4) is 11.1 Å². The zero-order valence-electron chi connectivity index (χ0n) is 16.0. The van der Waals surface area contributed by atoms with Crippen molar-refractivity contribution in [2.24, 2.45) is 0 Å². The summed E-state index contributed by atoms with van der Waals surface area (Å²) >= 11 is 0. The molecule has 0 bridgehead atoms. The van der Waals surface area contributed by atoms with Crippen LogP contribution in [0.2, 0.25) is 0 Å². The zero-order valence-corrected chi connectivity index (χ0v) is 16.0. The van der Waals surface area contributed by atoms with Crippen LogP contribution in [-0.4, -0.2) is 21.0 Å². The average Bonchev–Trinajstić information content (AvgIpc) is 2.73. The maximum absolute atomic E-state index is 14.2. The Morgan fingerprint density at radius 1 is 1.10 bits per heavy atom. The lowest BCUT2D eigenvalue weighted by Crippen LogP contribution is -2.19. The molecule has 0 aliphatic carbocycles. The van der Waals surface area contributed by atoms with E-state index in [-0.39, 0.29) is 11.4 Å². The fraction of sp³-hybridized carbons (Fsp3) is 0.136. The van der Waals surface area contributed by atoms with Crippen molar-refractivity contribution in [1.29, 1.82) is 0 Å². The summed E-state index contributed by atoms with van der Waals surface area (Å²) in [5.74, 6) is -1.34. The third kappa shape index (κ3) is 4.68. The summed E-state index contributed by atoms with van der Waals surface area (Å²) < 4.78 is 40.7. The quantitative estimate of drug-likeness (QED) is 0.526. The third-order valence-electron chi connectivity index (χ3n) is 4.39. The van der Waals surface area contributed by atoms with Gasteiger partial charge in [-0.25, -0.2) is 28.1 Å². The van der Waals surface area contributed by atoms with Gasteiger partial charge in [0, 0.05) is 23.4 Å². The molecule has 0 spiro atoms. The standard InChI is InChI=1S/C22H19F3N4/c1-4-17(23)10-20(25)13(2)14(3)29-22-19-9-16(11-26-21(19)27-12-28-22)15-5-7-18(24)8-6-15/h4-12,14H,2H2,1,3H3,(H,26,27,28,29)/b17-4+,20-10+. The molecular weight excluding hydrogens is 377 g/mol. The highest BCUT2D eigenvalue weighted by Crippen LogP contribution is 2.27. The van der Waals surface area contributed by atoms with Crippen LogP contribution in [0.1, 0.15) is 13.8 Å². The number of rotatable bonds is 6. The number of nitrogens with one attached hydrogen (secondary N) is 1. The van der Waals surface area contributed by atoms with Gasteiger partial charge in [-0.3, -0.25) is 0 Å². The molecule has 1 atom stereocenters. The number of allylic oxidation sites excluding steroid dienone is 3. The van der Waals surface area contributed by atoms with Crippen molar-refractivity contribution in [2.75, 3.05) is 5.32 Å². The van der Waals surface area contributed by atoms with Gasteiger partial charge in [0.05, 0.1) is 11.4 Å². The Hall–Kier alpha value is -3.48. The topological polar surface area (TPSA) is 50.7 Å². The van der Waals surface area contributed by atoms with Gasteiger partial charge in [0.25, 0.3) is 0 Å². The van der Waals surface area contributed by atoms with E-state index in [1.807, 2.05) is 6.07 Å². The van der Waals surface area contributed by atoms with Gasteiger partial charge in [0.1, 0.15) is 29.6 Å². The monoisotopic (exact) mass is 396 g/mol. The van der Waals surface area contributed by atoms with Gasteiger partial charge in [0.2, 0.25) is 0 Å². The summed E-state index contributed by atoms with van der Waals surface area (Å²) in [6.45, 7) is 6.86. The first-order valence-electron chi connectivity index (χ1n) is 8.90. The van der Waals surface area contributed by atoms with E-state index >= 15 is 0 Å². The highest BCUT2D eigenvalue weighted by atomic mass is 19.1. The number of halogens is 3. The molecule has 0 fully saturated rings. The molecule has 0 radical (unpaired) electrons. The van der Waals surface area contributed by atoms with Gasteiger partial charge < -0.3 is 5.32 Å². The highest BCUT2D eigenvalue weighted by Gasteiger charge is 2.15. The molecule has 2 aromatic heterocycles. The maximum Gasteiger partial charge on any atom is 0.164 e. The van der Waals surface area contributed by atoms with Crippen molar-refractivity contribution in [3.05, 3.63) is 84.6 Å². The molecule has 0 aliphatic rings. The summed E-state index contributed by atoms with van der Waals surface area (Å²) in [5, 5.41) is 3.68. The van der Waals surface area contributed by atoms with Crippen molar-refractivity contribution >= 4 is 16.9 Å². The zero-order chi connectivity index (χ0) is 21.0. The molecule has 4 nitrogen and oxygen atoms in total. The predicted molar refractivity (Wildman–Crippen MR) is 109 cm³/mol. The Kier molecular flexibility index (Phi) is 6.07. The summed E-state index contributed by atoms with van der Waals surface area (Å²) in [5.41, 5.74) is 2.06. The minimum Gasteiger partial charge on any atom is -0.363 e. The Labute approximate surface area is 166 Å². The molecule has 0 saturated carbocycles. The summed E-state index contributed by atoms with van der Waals surface area (Å²) in [4.78, 5) is 12.7. The van der Waals surface area contributed by atoms with E-state index in [4.69, 9.17) is 0 Å². The first kappa shape index (κ1) is 20.3. The van der Waals surface area contributed by atoms with Crippen molar-refractivity contribution in [3.63, 3.8) is 0 Å². The number of fused-ring (bicyclic) bond motifs is 1. The minimum absolute atomic E-state index is 0.0800. The molecule has 0 amide bonds. The lowest BCUT2D eigenvalue weighted by Gasteiger charge is -2.17. The number of aromatic nitrogens is 3. The predicted octanol–water partition coefficient (Wildman–Crippen LogP) is 5.91. The summed E-state index contributed by atoms with van der Waals surface area (Å²) in [6.07, 6.45) is 4.92. The van der Waals surface area contributed by atoms with E-state index in [0.29, 0.717) is 16.9 Å². The number of pyridine rings is 1. The van der Waals surface area contributed by atoms with Crippen LogP contribution in [0.25, 0.3) is 22.2 Å². The molecule has 3 aromatic rings. The van der Waals surface area contributed by atoms with E-state index in [1.54, 1.807) is 25.3 Å². The van der Waals surface area contributed by atoms with Gasteiger partial charge in [-0.05, 0) is 37.6 Å². The van der Waals surface area contributed by atoms with Crippen LogP contribution in [0, 0.1) is 5.82 Å². The molecule has 0 aliphatic heterocycles. The average molecular weight is 396 g/mol. The molecule has 1 unspecified atom stereocenters. The van der Waals surface area contributed by atoms with Crippen LogP contribution >= 0.6 is 0 Å². The van der Waals surface area contributed by atoms with Gasteiger partial charge in [-0.2, -0.15) is 0 Å². The second-order valence-electron chi connectivity index (χ2n) is 6.38. The smallest absolute Gasteiger partial charge is 0.164 e. The second kappa shape index (κ2) is 8.68. The summed E-state index contributed by atoms with van der Waals surface area (Å²) in [6, 6.07) is 7.28. The van der Waals surface area contributed by atoms with Gasteiger partial charge in [-0.1, -0.05) is 24.8 Å².